The smallest absolute Gasteiger partial charge is 0.207 e. The number of rotatable bonds is 7. The van der Waals surface area contributed by atoms with Crippen LogP contribution in [-0.4, -0.2) is 11.8 Å². The van der Waals surface area contributed by atoms with Crippen molar-refractivity contribution in [3.8, 4) is 33.4 Å². The summed E-state index contributed by atoms with van der Waals surface area (Å²) in [6.45, 7) is 1.90. The molecule has 0 aliphatic carbocycles. The average molecular weight is 663 g/mol. The van der Waals surface area contributed by atoms with Crippen LogP contribution >= 0.6 is 0 Å². The first-order chi connectivity index (χ1) is 24.0. The quantitative estimate of drug-likeness (QED) is 0.0905. The van der Waals surface area contributed by atoms with E-state index < -0.39 is 11.8 Å². The number of fused-ring (bicyclic) bond motifs is 5. The lowest BCUT2D eigenvalue weighted by molar-refractivity contribution is 0.0218. The Morgan fingerprint density at radius 2 is 0.820 bits per heavy atom. The maximum atomic E-state index is 13.8. The fourth-order valence-electron chi connectivity index (χ4n) is 7.53. The van der Waals surface area contributed by atoms with E-state index in [1.54, 1.807) is 24.3 Å². The van der Waals surface area contributed by atoms with Gasteiger partial charge in [-0.2, -0.15) is 0 Å². The Bertz CT molecular complexity index is 2530. The highest BCUT2D eigenvalue weighted by Crippen LogP contribution is 2.46. The molecule has 0 aliphatic rings. The second-order valence-corrected chi connectivity index (χ2v) is 13.6. The molecule has 0 saturated carbocycles. The van der Waals surface area contributed by atoms with Crippen LogP contribution in [0.5, 0.6) is 0 Å². The number of alkyl halides is 4. The van der Waals surface area contributed by atoms with E-state index in [0.29, 0.717) is 11.1 Å². The third-order valence-electron chi connectivity index (χ3n) is 9.64. The summed E-state index contributed by atoms with van der Waals surface area (Å²) in [4.78, 5) is 0. The summed E-state index contributed by atoms with van der Waals surface area (Å²) in [6, 6.07) is 49.0. The van der Waals surface area contributed by atoms with Crippen molar-refractivity contribution >= 4 is 43.1 Å². The Hall–Kier alpha value is -5.48. The van der Waals surface area contributed by atoms with Crippen LogP contribution in [0.3, 0.4) is 0 Å². The van der Waals surface area contributed by atoms with Gasteiger partial charge in [-0.1, -0.05) is 133 Å². The molecular weight excluding hydrogens is 628 g/mol. The second kappa shape index (κ2) is 12.1. The molecule has 0 nitrogen and oxygen atoms in total. The molecular formula is C46H34F4. The van der Waals surface area contributed by atoms with Gasteiger partial charge in [-0.15, -0.1) is 0 Å². The predicted molar refractivity (Wildman–Crippen MR) is 201 cm³/mol. The first-order valence-corrected chi connectivity index (χ1v) is 16.9. The molecule has 0 heterocycles. The highest BCUT2D eigenvalue weighted by atomic mass is 19.3. The van der Waals surface area contributed by atoms with Gasteiger partial charge in [-0.3, -0.25) is 0 Å². The van der Waals surface area contributed by atoms with Gasteiger partial charge in [-0.05, 0) is 114 Å². The predicted octanol–water partition coefficient (Wildman–Crippen LogP) is 13.7. The monoisotopic (exact) mass is 662 g/mol. The van der Waals surface area contributed by atoms with E-state index in [9.17, 15) is 17.6 Å². The van der Waals surface area contributed by atoms with Gasteiger partial charge in [0.15, 0.2) is 0 Å². The van der Waals surface area contributed by atoms with Gasteiger partial charge in [0.1, 0.15) is 0 Å². The van der Waals surface area contributed by atoms with Crippen LogP contribution in [0.2, 0.25) is 0 Å². The molecule has 0 atom stereocenters. The van der Waals surface area contributed by atoms with E-state index in [1.165, 1.54) is 0 Å². The van der Waals surface area contributed by atoms with Crippen LogP contribution in [0.15, 0.2) is 146 Å². The molecule has 246 valence electrons. The lowest BCUT2D eigenvalue weighted by Gasteiger charge is -2.19. The van der Waals surface area contributed by atoms with Gasteiger partial charge in [0, 0.05) is 12.8 Å². The van der Waals surface area contributed by atoms with E-state index in [-0.39, 0.29) is 12.8 Å². The van der Waals surface area contributed by atoms with E-state index in [0.717, 1.165) is 90.3 Å². The standard InChI is InChI=1S/C46H34F4/c1-45(47,48)27-29-15-19-31(20-16-29)34-23-24-40(37-12-6-5-11-36(34)37)44-35-10-4-3-9-33(35)25-42-39-14-8-7-13-38(39)41(26-43(42)44)32-21-17-30(18-22-32)28-46(2,49)50/h3-26H,27-28H2,1-2H3. The van der Waals surface area contributed by atoms with E-state index >= 15 is 0 Å². The van der Waals surface area contributed by atoms with Gasteiger partial charge in [-0.25, -0.2) is 17.6 Å². The first-order valence-electron chi connectivity index (χ1n) is 16.9. The summed E-state index contributed by atoms with van der Waals surface area (Å²) in [7, 11) is 0. The number of hydrogen-bond acceptors (Lipinski definition) is 0. The summed E-state index contributed by atoms with van der Waals surface area (Å²) < 4.78 is 55.1. The maximum Gasteiger partial charge on any atom is 0.249 e. The van der Waals surface area contributed by atoms with Gasteiger partial charge in [0.05, 0.1) is 0 Å². The van der Waals surface area contributed by atoms with Crippen molar-refractivity contribution < 1.29 is 17.6 Å². The lowest BCUT2D eigenvalue weighted by atomic mass is 9.84. The summed E-state index contributed by atoms with van der Waals surface area (Å²) in [5, 5.41) is 8.88. The van der Waals surface area contributed by atoms with Crippen molar-refractivity contribution in [2.45, 2.75) is 38.5 Å². The topological polar surface area (TPSA) is 0 Å². The fraction of sp³-hybridized carbons (Fsp3) is 0.130. The van der Waals surface area contributed by atoms with E-state index in [1.807, 2.05) is 36.4 Å². The third kappa shape index (κ3) is 6.00. The van der Waals surface area contributed by atoms with Crippen molar-refractivity contribution in [2.24, 2.45) is 0 Å². The SMILES string of the molecule is CC(F)(F)Cc1ccc(-c2ccc(-c3c4ccccc4cc4c3cc(-c3ccc(CC(C)(F)F)cc3)c3ccccc34)c3ccccc23)cc1. The molecule has 8 aromatic rings. The molecule has 8 aromatic carbocycles. The van der Waals surface area contributed by atoms with Crippen LogP contribution in [-0.2, 0) is 12.8 Å². The van der Waals surface area contributed by atoms with Crippen LogP contribution < -0.4 is 0 Å². The molecule has 0 bridgehead atoms. The Kier molecular flexibility index (Phi) is 7.71. The number of hydrogen-bond donors (Lipinski definition) is 0. The van der Waals surface area contributed by atoms with Crippen molar-refractivity contribution in [1.29, 1.82) is 0 Å². The Balaban J connectivity index is 1.37. The Morgan fingerprint density at radius 3 is 1.38 bits per heavy atom. The highest BCUT2D eigenvalue weighted by Gasteiger charge is 2.23. The lowest BCUT2D eigenvalue weighted by Crippen LogP contribution is -2.13. The normalized spacial score (nSPS) is 12.4. The van der Waals surface area contributed by atoms with Gasteiger partial charge in [0.25, 0.3) is 0 Å². The van der Waals surface area contributed by atoms with Crippen LogP contribution in [0.1, 0.15) is 25.0 Å². The first kappa shape index (κ1) is 31.8. The fourth-order valence-corrected chi connectivity index (χ4v) is 7.53. The minimum absolute atomic E-state index is 0.295. The molecule has 50 heavy (non-hydrogen) atoms. The molecule has 0 fully saturated rings. The van der Waals surface area contributed by atoms with Gasteiger partial charge in [0.2, 0.25) is 11.8 Å². The highest BCUT2D eigenvalue weighted by molar-refractivity contribution is 6.25. The van der Waals surface area contributed by atoms with Crippen molar-refractivity contribution in [3.05, 3.63) is 157 Å². The third-order valence-corrected chi connectivity index (χ3v) is 9.64. The molecule has 0 saturated heterocycles. The zero-order chi connectivity index (χ0) is 34.6. The van der Waals surface area contributed by atoms with Crippen molar-refractivity contribution in [3.63, 3.8) is 0 Å². The maximum absolute atomic E-state index is 13.8. The molecule has 0 radical (unpaired) electrons. The Morgan fingerprint density at radius 1 is 0.380 bits per heavy atom. The van der Waals surface area contributed by atoms with E-state index in [2.05, 4.69) is 84.9 Å². The average Bonchev–Trinajstić information content (AvgIpc) is 3.09. The second-order valence-electron chi connectivity index (χ2n) is 13.6. The van der Waals surface area contributed by atoms with Crippen LogP contribution in [0.25, 0.3) is 76.5 Å². The number of benzene rings is 8. The minimum atomic E-state index is -2.78. The molecule has 0 amide bonds. The molecule has 0 aromatic heterocycles. The molecule has 0 spiro atoms. The molecule has 0 aliphatic heterocycles. The summed E-state index contributed by atoms with van der Waals surface area (Å²) in [5.74, 6) is -5.54. The number of halogens is 4. The van der Waals surface area contributed by atoms with Gasteiger partial charge >= 0.3 is 0 Å². The largest absolute Gasteiger partial charge is 0.249 e. The zero-order valence-electron chi connectivity index (χ0n) is 27.8. The molecule has 4 heteroatoms. The van der Waals surface area contributed by atoms with Gasteiger partial charge < -0.3 is 0 Å². The van der Waals surface area contributed by atoms with Crippen molar-refractivity contribution in [2.75, 3.05) is 0 Å². The van der Waals surface area contributed by atoms with E-state index in [4.69, 9.17) is 0 Å². The molecule has 8 rings (SSSR count). The van der Waals surface area contributed by atoms with Crippen LogP contribution in [0, 0.1) is 0 Å². The molecule has 0 unspecified atom stereocenters. The summed E-state index contributed by atoms with van der Waals surface area (Å²) >= 11 is 0. The summed E-state index contributed by atoms with van der Waals surface area (Å²) in [5.41, 5.74) is 7.43. The summed E-state index contributed by atoms with van der Waals surface area (Å²) in [6.07, 6.45) is -0.597. The minimum Gasteiger partial charge on any atom is -0.207 e. The van der Waals surface area contributed by atoms with Crippen molar-refractivity contribution in [1.82, 2.24) is 0 Å². The zero-order valence-corrected chi connectivity index (χ0v) is 27.8. The molecule has 0 N–H and O–H groups in total. The Labute approximate surface area is 288 Å². The van der Waals surface area contributed by atoms with Crippen LogP contribution in [0.4, 0.5) is 17.6 Å².